The smallest absolute Gasteiger partial charge is 0.339 e. The summed E-state index contributed by atoms with van der Waals surface area (Å²) in [7, 11) is -3.83. The summed E-state index contributed by atoms with van der Waals surface area (Å²) in [5, 5.41) is 8.31. The van der Waals surface area contributed by atoms with Gasteiger partial charge in [0.1, 0.15) is 0 Å². The van der Waals surface area contributed by atoms with Crippen molar-refractivity contribution in [3.63, 3.8) is 0 Å². The van der Waals surface area contributed by atoms with E-state index in [1.165, 1.54) is 31.2 Å². The van der Waals surface area contributed by atoms with E-state index in [1.54, 1.807) is 6.07 Å². The number of nitrogens with zero attached hydrogens (tertiary/aromatic N) is 1. The molecule has 1 aromatic heterocycles. The van der Waals surface area contributed by atoms with Crippen LogP contribution >= 0.6 is 0 Å². The average molecular weight is 442 g/mol. The van der Waals surface area contributed by atoms with E-state index < -0.39 is 28.0 Å². The van der Waals surface area contributed by atoms with E-state index in [4.69, 9.17) is 9.88 Å². The number of esters is 1. The standard InChI is InChI=1S/C22H23N3O5S/c1-4-18-13(2)20(17-7-5-6-8-19(17)25-18)22(27)30-14(3)21(26)24-15-9-11-16(12-10-15)31(23,28)29/h5-12,14H,4H2,1-3H3,(H,24,26)(H2,23,28,29)/t14-/m0/s1. The number of primary sulfonamides is 1. The Kier molecular flexibility index (Phi) is 6.37. The molecule has 0 spiro atoms. The second-order valence-corrected chi connectivity index (χ2v) is 8.60. The van der Waals surface area contributed by atoms with Gasteiger partial charge in [-0.1, -0.05) is 25.1 Å². The highest BCUT2D eigenvalue weighted by Crippen LogP contribution is 2.25. The van der Waals surface area contributed by atoms with E-state index in [9.17, 15) is 18.0 Å². The van der Waals surface area contributed by atoms with Crippen LogP contribution in [0.2, 0.25) is 0 Å². The molecule has 0 bridgehead atoms. The monoisotopic (exact) mass is 441 g/mol. The van der Waals surface area contributed by atoms with Crippen molar-refractivity contribution in [2.24, 2.45) is 5.14 Å². The van der Waals surface area contributed by atoms with Gasteiger partial charge in [0.2, 0.25) is 10.0 Å². The van der Waals surface area contributed by atoms with Crippen molar-refractivity contribution in [3.8, 4) is 0 Å². The number of nitrogens with one attached hydrogen (secondary N) is 1. The van der Waals surface area contributed by atoms with Crippen molar-refractivity contribution in [2.45, 2.75) is 38.2 Å². The van der Waals surface area contributed by atoms with Crippen LogP contribution in [0.25, 0.3) is 10.9 Å². The first-order chi connectivity index (χ1) is 14.6. The first-order valence-electron chi connectivity index (χ1n) is 9.64. The number of anilines is 1. The van der Waals surface area contributed by atoms with E-state index >= 15 is 0 Å². The molecule has 3 N–H and O–H groups in total. The largest absolute Gasteiger partial charge is 0.449 e. The van der Waals surface area contributed by atoms with Crippen LogP contribution in [0.1, 0.15) is 35.5 Å². The van der Waals surface area contributed by atoms with Crippen LogP contribution in [-0.2, 0) is 26.0 Å². The number of aryl methyl sites for hydroxylation is 1. The maximum atomic E-state index is 13.0. The SMILES string of the molecule is CCc1nc2ccccc2c(C(=O)O[C@@H](C)C(=O)Nc2ccc(S(N)(=O)=O)cc2)c1C. The number of carbonyl (C=O) groups is 2. The molecule has 8 nitrogen and oxygen atoms in total. The van der Waals surface area contributed by atoms with E-state index in [1.807, 2.05) is 32.0 Å². The number of amides is 1. The fourth-order valence-electron chi connectivity index (χ4n) is 3.21. The molecule has 0 aliphatic rings. The minimum Gasteiger partial charge on any atom is -0.449 e. The number of rotatable bonds is 6. The van der Waals surface area contributed by atoms with Gasteiger partial charge in [-0.3, -0.25) is 9.78 Å². The molecule has 3 rings (SSSR count). The summed E-state index contributed by atoms with van der Waals surface area (Å²) in [6.07, 6.45) is -0.427. The molecule has 31 heavy (non-hydrogen) atoms. The summed E-state index contributed by atoms with van der Waals surface area (Å²) in [4.78, 5) is 30.0. The van der Waals surface area contributed by atoms with E-state index in [0.717, 1.165) is 11.3 Å². The van der Waals surface area contributed by atoms with Crippen LogP contribution in [-0.4, -0.2) is 31.4 Å². The van der Waals surface area contributed by atoms with Gasteiger partial charge in [-0.25, -0.2) is 18.4 Å². The van der Waals surface area contributed by atoms with Crippen molar-refractivity contribution < 1.29 is 22.7 Å². The molecule has 0 unspecified atom stereocenters. The van der Waals surface area contributed by atoms with E-state index in [-0.39, 0.29) is 4.90 Å². The first kappa shape index (κ1) is 22.4. The zero-order chi connectivity index (χ0) is 22.8. The van der Waals surface area contributed by atoms with Crippen LogP contribution in [0.3, 0.4) is 0 Å². The van der Waals surface area contributed by atoms with Crippen molar-refractivity contribution >= 4 is 38.5 Å². The molecule has 0 aliphatic carbocycles. The minimum atomic E-state index is -3.83. The molecule has 9 heteroatoms. The molecular formula is C22H23N3O5S. The Labute approximate surface area is 180 Å². The molecule has 0 saturated carbocycles. The molecule has 0 aliphatic heterocycles. The van der Waals surface area contributed by atoms with Gasteiger partial charge < -0.3 is 10.1 Å². The van der Waals surface area contributed by atoms with Gasteiger partial charge >= 0.3 is 5.97 Å². The van der Waals surface area contributed by atoms with Crippen LogP contribution in [0, 0.1) is 6.92 Å². The average Bonchev–Trinajstić information content (AvgIpc) is 2.72. The summed E-state index contributed by atoms with van der Waals surface area (Å²) in [5.41, 5.74) is 2.93. The second-order valence-electron chi connectivity index (χ2n) is 7.04. The Morgan fingerprint density at radius 2 is 1.77 bits per heavy atom. The molecule has 0 radical (unpaired) electrons. The lowest BCUT2D eigenvalue weighted by Crippen LogP contribution is -2.30. The number of hydrogen-bond donors (Lipinski definition) is 2. The predicted octanol–water partition coefficient (Wildman–Crippen LogP) is 2.94. The zero-order valence-electron chi connectivity index (χ0n) is 17.4. The summed E-state index contributed by atoms with van der Waals surface area (Å²) in [6.45, 7) is 5.23. The number of fused-ring (bicyclic) bond motifs is 1. The number of aromatic nitrogens is 1. The minimum absolute atomic E-state index is 0.0725. The number of carbonyl (C=O) groups excluding carboxylic acids is 2. The fraction of sp³-hybridized carbons (Fsp3) is 0.227. The fourth-order valence-corrected chi connectivity index (χ4v) is 3.73. The predicted molar refractivity (Wildman–Crippen MR) is 117 cm³/mol. The molecule has 0 saturated heterocycles. The molecule has 3 aromatic rings. The van der Waals surface area contributed by atoms with Crippen molar-refractivity contribution in [1.29, 1.82) is 0 Å². The molecule has 1 heterocycles. The van der Waals surface area contributed by atoms with E-state index in [2.05, 4.69) is 10.3 Å². The van der Waals surface area contributed by atoms with Crippen LogP contribution < -0.4 is 10.5 Å². The lowest BCUT2D eigenvalue weighted by molar-refractivity contribution is -0.123. The summed E-state index contributed by atoms with van der Waals surface area (Å²) in [5.74, 6) is -1.17. The van der Waals surface area contributed by atoms with E-state index in [0.29, 0.717) is 28.6 Å². The number of pyridine rings is 1. The quantitative estimate of drug-likeness (QED) is 0.566. The summed E-state index contributed by atoms with van der Waals surface area (Å²) >= 11 is 0. The Hall–Kier alpha value is -3.30. The second kappa shape index (κ2) is 8.83. The van der Waals surface area contributed by atoms with Crippen molar-refractivity contribution in [3.05, 3.63) is 65.4 Å². The Morgan fingerprint density at radius 1 is 1.13 bits per heavy atom. The molecular weight excluding hydrogens is 418 g/mol. The maximum absolute atomic E-state index is 13.0. The number of sulfonamides is 1. The summed E-state index contributed by atoms with van der Waals surface area (Å²) in [6, 6.07) is 12.6. The lowest BCUT2D eigenvalue weighted by atomic mass is 10.0. The molecule has 162 valence electrons. The van der Waals surface area contributed by atoms with Crippen LogP contribution in [0.5, 0.6) is 0 Å². The topological polar surface area (TPSA) is 128 Å². The highest BCUT2D eigenvalue weighted by atomic mass is 32.2. The van der Waals surface area contributed by atoms with Crippen molar-refractivity contribution in [2.75, 3.05) is 5.32 Å². The van der Waals surface area contributed by atoms with Crippen molar-refractivity contribution in [1.82, 2.24) is 4.98 Å². The van der Waals surface area contributed by atoms with Gasteiger partial charge in [-0.2, -0.15) is 0 Å². The Morgan fingerprint density at radius 3 is 2.39 bits per heavy atom. The molecule has 2 aromatic carbocycles. The Balaban J connectivity index is 1.79. The normalized spacial score (nSPS) is 12.4. The van der Waals surface area contributed by atoms with Gasteiger partial charge in [0.15, 0.2) is 6.10 Å². The molecule has 1 atom stereocenters. The Bertz CT molecular complexity index is 1250. The first-order valence-corrected chi connectivity index (χ1v) is 11.2. The highest BCUT2D eigenvalue weighted by molar-refractivity contribution is 7.89. The third-order valence-electron chi connectivity index (χ3n) is 4.88. The third-order valence-corrected chi connectivity index (χ3v) is 5.81. The molecule has 1 amide bonds. The third kappa shape index (κ3) is 4.89. The number of ether oxygens (including phenoxy) is 1. The number of nitrogens with two attached hydrogens (primary N) is 1. The number of para-hydroxylation sites is 1. The number of benzene rings is 2. The highest BCUT2D eigenvalue weighted by Gasteiger charge is 2.23. The van der Waals surface area contributed by atoms with Crippen LogP contribution in [0.15, 0.2) is 53.4 Å². The van der Waals surface area contributed by atoms with Gasteiger partial charge in [-0.15, -0.1) is 0 Å². The maximum Gasteiger partial charge on any atom is 0.339 e. The summed E-state index contributed by atoms with van der Waals surface area (Å²) < 4.78 is 28.1. The lowest BCUT2D eigenvalue weighted by Gasteiger charge is -2.17. The van der Waals surface area contributed by atoms with Gasteiger partial charge in [0.05, 0.1) is 16.0 Å². The van der Waals surface area contributed by atoms with Gasteiger partial charge in [0, 0.05) is 16.8 Å². The van der Waals surface area contributed by atoms with Gasteiger partial charge in [-0.05, 0) is 56.2 Å². The molecule has 0 fully saturated rings. The zero-order valence-corrected chi connectivity index (χ0v) is 18.2. The number of hydrogen-bond acceptors (Lipinski definition) is 6. The van der Waals surface area contributed by atoms with Gasteiger partial charge in [0.25, 0.3) is 5.91 Å². The van der Waals surface area contributed by atoms with Crippen LogP contribution in [0.4, 0.5) is 5.69 Å².